The van der Waals surface area contributed by atoms with E-state index in [1.807, 2.05) is 24.0 Å². The van der Waals surface area contributed by atoms with Crippen molar-refractivity contribution < 1.29 is 53.1 Å². The molecule has 0 bridgehead atoms. The molecule has 0 saturated carbocycles. The molecule has 6 rings (SSSR count). The van der Waals surface area contributed by atoms with Gasteiger partial charge < -0.3 is 55.7 Å². The standard InChI is InChI=1S/C54H69N11O11S/c55-23-6-8-38-15-18-40(19-16-38)58-51(69)13-3-4-26-65-36-41(61-64-65)10-5-14-50(68)56-24-7-9-39-17-21-44(43(34-39)53(70)71)62-63-45-22-20-42(66)35-47(45)76-33-32-75-31-30-74-29-28-73-27-25-57-49(67)12-2-1-11-48-52-46(37-77-48)59-54(72)60-52/h15-22,34-36,46,48,52,62-63,66H,1-5,7,9-14,24-33,37H2,(H,56,68)(H,57,67)(H,58,69)(H,70,71)(H2,59,60,72)/t46?,48-,52?/m0/s1. The minimum absolute atomic E-state index is 0.000595. The summed E-state index contributed by atoms with van der Waals surface area (Å²) in [6.07, 6.45) is 9.47. The molecule has 0 aliphatic carbocycles. The van der Waals surface area contributed by atoms with Crippen LogP contribution in [0.4, 0.5) is 21.9 Å². The van der Waals surface area contributed by atoms with E-state index < -0.39 is 5.97 Å². The SMILES string of the molecule is N#CC#Cc1ccc(NC(=O)CCCCn2cc(CCCC(=O)NCCCc3ccc(NNc4ccc(O)cc4OCCOCCOCCOCCNC(=O)CCCC[C@@H]4SCC5NC(=O)NC54)c(C(=O)O)c3)nn2)cc1. The Bertz CT molecular complexity index is 2650. The number of aromatic carboxylic acids is 1. The molecule has 77 heavy (non-hydrogen) atoms. The molecule has 0 spiro atoms. The largest absolute Gasteiger partial charge is 0.508 e. The predicted octanol–water partition coefficient (Wildman–Crippen LogP) is 5.15. The van der Waals surface area contributed by atoms with Gasteiger partial charge >= 0.3 is 12.0 Å². The number of aromatic nitrogens is 3. The highest BCUT2D eigenvalue weighted by atomic mass is 32.2. The van der Waals surface area contributed by atoms with Gasteiger partial charge in [0.1, 0.15) is 18.1 Å². The number of carboxylic acid groups (broad SMARTS) is 1. The van der Waals surface area contributed by atoms with Crippen molar-refractivity contribution in [2.24, 2.45) is 0 Å². The Morgan fingerprint density at radius 3 is 2.25 bits per heavy atom. The molecule has 3 atom stereocenters. The number of nitriles is 1. The number of thioether (sulfide) groups is 1. The number of phenolic OH excluding ortho intramolecular Hbond substituents is 1. The van der Waals surface area contributed by atoms with Gasteiger partial charge in [0.05, 0.1) is 74.4 Å². The van der Waals surface area contributed by atoms with Crippen molar-refractivity contribution in [1.82, 2.24) is 36.3 Å². The van der Waals surface area contributed by atoms with Crippen LogP contribution in [-0.2, 0) is 48.0 Å². The highest BCUT2D eigenvalue weighted by Gasteiger charge is 2.42. The van der Waals surface area contributed by atoms with E-state index in [1.54, 1.807) is 53.2 Å². The second kappa shape index (κ2) is 32.8. The number of phenols is 1. The molecule has 0 radical (unpaired) electrons. The molecule has 2 fully saturated rings. The van der Waals surface area contributed by atoms with E-state index in [1.165, 1.54) is 12.1 Å². The van der Waals surface area contributed by atoms with E-state index in [9.17, 15) is 34.2 Å². The Balaban J connectivity index is 0.757. The zero-order chi connectivity index (χ0) is 54.5. The molecule has 3 heterocycles. The molecular formula is C54H69N11O11S. The van der Waals surface area contributed by atoms with Gasteiger partial charge in [0.2, 0.25) is 17.7 Å². The van der Waals surface area contributed by atoms with Crippen molar-refractivity contribution >= 4 is 58.5 Å². The number of hydrogen-bond acceptors (Lipinski definition) is 16. The lowest BCUT2D eigenvalue weighted by atomic mass is 10.0. The number of aryl methyl sites for hydroxylation is 3. The number of carbonyl (C=O) groups is 5. The minimum atomic E-state index is -1.12. The molecular weight excluding hydrogens is 1010 g/mol. The highest BCUT2D eigenvalue weighted by Crippen LogP contribution is 2.33. The number of rotatable bonds is 36. The van der Waals surface area contributed by atoms with Crippen LogP contribution in [0.25, 0.3) is 0 Å². The monoisotopic (exact) mass is 1080 g/mol. The van der Waals surface area contributed by atoms with E-state index in [0.29, 0.717) is 138 Å². The molecule has 22 nitrogen and oxygen atoms in total. The number of hydrogen-bond donors (Lipinski definition) is 9. The molecule has 4 aromatic rings. The maximum Gasteiger partial charge on any atom is 0.337 e. The number of ether oxygens (including phenoxy) is 4. The van der Waals surface area contributed by atoms with Gasteiger partial charge in [0, 0.05) is 79.3 Å². The van der Waals surface area contributed by atoms with Gasteiger partial charge in [-0.3, -0.25) is 29.9 Å². The summed E-state index contributed by atoms with van der Waals surface area (Å²) < 4.78 is 24.3. The normalized spacial score (nSPS) is 15.2. The van der Waals surface area contributed by atoms with E-state index in [-0.39, 0.29) is 60.4 Å². The molecule has 2 aliphatic rings. The van der Waals surface area contributed by atoms with Crippen LogP contribution in [0.2, 0.25) is 0 Å². The van der Waals surface area contributed by atoms with Crippen molar-refractivity contribution in [3.05, 3.63) is 89.2 Å². The number of carboxylic acids is 1. The van der Waals surface area contributed by atoms with Crippen molar-refractivity contribution in [2.75, 3.05) is 81.3 Å². The second-order valence-electron chi connectivity index (χ2n) is 18.2. The van der Waals surface area contributed by atoms with E-state index in [0.717, 1.165) is 42.7 Å². The quantitative estimate of drug-likeness (QED) is 0.00936. The van der Waals surface area contributed by atoms with Crippen LogP contribution in [0, 0.1) is 23.2 Å². The number of hydrazine groups is 1. The molecule has 2 unspecified atom stereocenters. The van der Waals surface area contributed by atoms with Crippen LogP contribution in [0.1, 0.15) is 91.4 Å². The first-order valence-corrected chi connectivity index (χ1v) is 27.1. The average Bonchev–Trinajstić information content (AvgIpc) is 4.16. The van der Waals surface area contributed by atoms with Crippen LogP contribution in [0.3, 0.4) is 0 Å². The molecule has 1 aromatic heterocycles. The lowest BCUT2D eigenvalue weighted by Crippen LogP contribution is -2.36. The number of urea groups is 1. The Morgan fingerprint density at radius 1 is 0.766 bits per heavy atom. The summed E-state index contributed by atoms with van der Waals surface area (Å²) in [6.45, 7) is 3.68. The number of aromatic hydroxyl groups is 1. The van der Waals surface area contributed by atoms with E-state index in [2.05, 4.69) is 59.6 Å². The first-order valence-electron chi connectivity index (χ1n) is 26.0. The molecule has 3 aromatic carbocycles. The van der Waals surface area contributed by atoms with Gasteiger partial charge in [-0.2, -0.15) is 17.0 Å². The third-order valence-corrected chi connectivity index (χ3v) is 13.9. The van der Waals surface area contributed by atoms with E-state index in [4.69, 9.17) is 24.2 Å². The summed E-state index contributed by atoms with van der Waals surface area (Å²) in [5.74, 6) is 4.97. The number of nitrogens with one attached hydrogen (secondary N) is 7. The fourth-order valence-corrected chi connectivity index (χ4v) is 9.94. The van der Waals surface area contributed by atoms with Crippen LogP contribution >= 0.6 is 11.8 Å². The number of unbranched alkanes of at least 4 members (excludes halogenated alkanes) is 2. The van der Waals surface area contributed by atoms with E-state index >= 15 is 0 Å². The summed E-state index contributed by atoms with van der Waals surface area (Å²) in [5.41, 5.74) is 9.68. The first-order chi connectivity index (χ1) is 37.5. The van der Waals surface area contributed by atoms with Gasteiger partial charge in [-0.25, -0.2) is 9.59 Å². The predicted molar refractivity (Wildman–Crippen MR) is 289 cm³/mol. The third-order valence-electron chi connectivity index (χ3n) is 12.3. The summed E-state index contributed by atoms with van der Waals surface area (Å²) in [7, 11) is 0. The lowest BCUT2D eigenvalue weighted by Gasteiger charge is -2.17. The minimum Gasteiger partial charge on any atom is -0.508 e. The molecule has 2 saturated heterocycles. The number of benzene rings is 3. The maximum atomic E-state index is 12.6. The van der Waals surface area contributed by atoms with Gasteiger partial charge in [0.25, 0.3) is 0 Å². The Morgan fingerprint density at radius 2 is 1.47 bits per heavy atom. The van der Waals surface area contributed by atoms with Gasteiger partial charge in [-0.05, 0) is 105 Å². The Kier molecular flexibility index (Phi) is 25.0. The van der Waals surface area contributed by atoms with Crippen molar-refractivity contribution in [1.29, 1.82) is 5.26 Å². The number of fused-ring (bicyclic) bond motifs is 1. The van der Waals surface area contributed by atoms with Gasteiger partial charge in [-0.15, -0.1) is 5.10 Å². The van der Waals surface area contributed by atoms with Crippen molar-refractivity contribution in [2.45, 2.75) is 101 Å². The van der Waals surface area contributed by atoms with Gasteiger partial charge in [-0.1, -0.05) is 23.6 Å². The molecule has 23 heteroatoms. The van der Waals surface area contributed by atoms with Gasteiger partial charge in [0.15, 0.2) is 6.07 Å². The highest BCUT2D eigenvalue weighted by molar-refractivity contribution is 8.00. The summed E-state index contributed by atoms with van der Waals surface area (Å²) in [5, 5.41) is 52.1. The molecule has 2 aliphatic heterocycles. The first kappa shape index (κ1) is 58.7. The van der Waals surface area contributed by atoms with Crippen LogP contribution in [-0.4, -0.2) is 137 Å². The summed E-state index contributed by atoms with van der Waals surface area (Å²) in [6, 6.07) is 18.6. The zero-order valence-electron chi connectivity index (χ0n) is 43.1. The van der Waals surface area contributed by atoms with Crippen LogP contribution < -0.4 is 42.2 Å². The summed E-state index contributed by atoms with van der Waals surface area (Å²) >= 11 is 1.88. The fraction of sp³-hybridized carbons (Fsp3) is 0.481. The summed E-state index contributed by atoms with van der Waals surface area (Å²) in [4.78, 5) is 60.9. The third kappa shape index (κ3) is 21.5. The molecule has 9 N–H and O–H groups in total. The van der Waals surface area contributed by atoms with Crippen molar-refractivity contribution in [3.63, 3.8) is 0 Å². The number of anilines is 3. The Labute approximate surface area is 452 Å². The fourth-order valence-electron chi connectivity index (χ4n) is 8.40. The lowest BCUT2D eigenvalue weighted by molar-refractivity contribution is -0.122. The maximum absolute atomic E-state index is 12.6. The second-order valence-corrected chi connectivity index (χ2v) is 19.5. The Hall–Kier alpha value is -7.57. The number of carbonyl (C=O) groups excluding carboxylic acids is 4. The molecule has 412 valence electrons. The zero-order valence-corrected chi connectivity index (χ0v) is 43.9. The topological polar surface area (TPSA) is 301 Å². The van der Waals surface area contributed by atoms with Crippen molar-refractivity contribution in [3.8, 4) is 29.4 Å². The van der Waals surface area contributed by atoms with Crippen LogP contribution in [0.5, 0.6) is 11.5 Å². The molecule has 5 amide bonds. The smallest absolute Gasteiger partial charge is 0.337 e. The average molecular weight is 1080 g/mol. The number of amides is 5. The number of nitrogens with zero attached hydrogens (tertiary/aromatic N) is 4. The van der Waals surface area contributed by atoms with Crippen LogP contribution in [0.15, 0.2) is 66.9 Å².